The van der Waals surface area contributed by atoms with E-state index in [4.69, 9.17) is 15.0 Å². The lowest BCUT2D eigenvalue weighted by Gasteiger charge is -2.08. The first-order chi connectivity index (χ1) is 9.11. The molecule has 0 saturated carbocycles. The average molecular weight is 390 g/mol. The van der Waals surface area contributed by atoms with Crippen LogP contribution in [0.1, 0.15) is 16.3 Å². The Morgan fingerprint density at radius 1 is 1.26 bits per heavy atom. The van der Waals surface area contributed by atoms with E-state index >= 15 is 0 Å². The first kappa shape index (κ1) is 14.1. The summed E-state index contributed by atoms with van der Waals surface area (Å²) in [5.41, 5.74) is 2.00. The molecule has 5 nitrogen and oxygen atoms in total. The summed E-state index contributed by atoms with van der Waals surface area (Å²) in [5, 5.41) is 0. The quantitative estimate of drug-likeness (QED) is 0.478. The average Bonchev–Trinajstić information content (AvgIpc) is 2.86. The summed E-state index contributed by atoms with van der Waals surface area (Å²) < 4.78 is 12.6. The highest BCUT2D eigenvalue weighted by Crippen LogP contribution is 2.33. The minimum atomic E-state index is -0.478. The SMILES string of the molecule is NNC(=O)c1ccc(COc2c(Br)cccc2Br)o1. The van der Waals surface area contributed by atoms with Crippen LogP contribution in [0, 0.1) is 0 Å². The van der Waals surface area contributed by atoms with E-state index in [9.17, 15) is 4.79 Å². The fourth-order valence-corrected chi connectivity index (χ4v) is 2.64. The van der Waals surface area contributed by atoms with Gasteiger partial charge in [0, 0.05) is 0 Å². The van der Waals surface area contributed by atoms with Crippen LogP contribution in [0.4, 0.5) is 0 Å². The smallest absolute Gasteiger partial charge is 0.300 e. The Balaban J connectivity index is 2.07. The van der Waals surface area contributed by atoms with E-state index in [-0.39, 0.29) is 12.4 Å². The third-order valence-corrected chi connectivity index (χ3v) is 3.54. The predicted molar refractivity (Wildman–Crippen MR) is 76.5 cm³/mol. The maximum atomic E-state index is 11.2. The van der Waals surface area contributed by atoms with Crippen LogP contribution in [0.15, 0.2) is 43.7 Å². The lowest BCUT2D eigenvalue weighted by molar-refractivity contribution is 0.0922. The number of hydrazine groups is 1. The molecule has 2 aromatic rings. The summed E-state index contributed by atoms with van der Waals surface area (Å²) in [7, 11) is 0. The number of amides is 1. The van der Waals surface area contributed by atoms with E-state index in [1.807, 2.05) is 23.6 Å². The van der Waals surface area contributed by atoms with Crippen molar-refractivity contribution in [2.45, 2.75) is 6.61 Å². The van der Waals surface area contributed by atoms with E-state index in [1.54, 1.807) is 6.07 Å². The van der Waals surface area contributed by atoms with Gasteiger partial charge in [0.1, 0.15) is 18.1 Å². The van der Waals surface area contributed by atoms with Crippen LogP contribution < -0.4 is 16.0 Å². The lowest BCUT2D eigenvalue weighted by Crippen LogP contribution is -2.29. The number of carbonyl (C=O) groups excluding carboxylic acids is 1. The van der Waals surface area contributed by atoms with Crippen molar-refractivity contribution in [3.8, 4) is 5.75 Å². The molecule has 0 saturated heterocycles. The van der Waals surface area contributed by atoms with Crippen LogP contribution in [0.25, 0.3) is 0 Å². The maximum absolute atomic E-state index is 11.2. The zero-order valence-electron chi connectivity index (χ0n) is 9.65. The first-order valence-electron chi connectivity index (χ1n) is 5.28. The van der Waals surface area contributed by atoms with Crippen molar-refractivity contribution in [1.82, 2.24) is 5.43 Å². The van der Waals surface area contributed by atoms with Crippen molar-refractivity contribution in [3.05, 3.63) is 50.8 Å². The molecule has 3 N–H and O–H groups in total. The van der Waals surface area contributed by atoms with E-state index in [0.29, 0.717) is 11.5 Å². The highest BCUT2D eigenvalue weighted by molar-refractivity contribution is 9.11. The molecule has 0 unspecified atom stereocenters. The van der Waals surface area contributed by atoms with Crippen molar-refractivity contribution in [2.24, 2.45) is 5.84 Å². The minimum Gasteiger partial charge on any atom is -0.483 e. The minimum absolute atomic E-state index is 0.146. The summed E-state index contributed by atoms with van der Waals surface area (Å²) in [6, 6.07) is 8.83. The number of rotatable bonds is 4. The molecule has 0 atom stereocenters. The van der Waals surface area contributed by atoms with E-state index in [0.717, 1.165) is 8.95 Å². The number of ether oxygens (including phenoxy) is 1. The number of nitrogens with one attached hydrogen (secondary N) is 1. The van der Waals surface area contributed by atoms with Gasteiger partial charge < -0.3 is 9.15 Å². The van der Waals surface area contributed by atoms with Gasteiger partial charge in [-0.05, 0) is 56.1 Å². The van der Waals surface area contributed by atoms with Gasteiger partial charge in [0.15, 0.2) is 5.76 Å². The molecule has 1 aromatic carbocycles. The molecule has 7 heteroatoms. The molecule has 0 spiro atoms. The summed E-state index contributed by atoms with van der Waals surface area (Å²) in [6.45, 7) is 0.207. The molecule has 1 heterocycles. The number of furan rings is 1. The van der Waals surface area contributed by atoms with Gasteiger partial charge in [0.05, 0.1) is 8.95 Å². The number of carbonyl (C=O) groups is 1. The van der Waals surface area contributed by atoms with Gasteiger partial charge in [-0.3, -0.25) is 10.2 Å². The van der Waals surface area contributed by atoms with Gasteiger partial charge in [-0.15, -0.1) is 0 Å². The van der Waals surface area contributed by atoms with Crippen molar-refractivity contribution in [3.63, 3.8) is 0 Å². The monoisotopic (exact) mass is 388 g/mol. The van der Waals surface area contributed by atoms with Crippen molar-refractivity contribution in [2.75, 3.05) is 0 Å². The van der Waals surface area contributed by atoms with Crippen LogP contribution in [-0.2, 0) is 6.61 Å². The zero-order chi connectivity index (χ0) is 13.8. The summed E-state index contributed by atoms with van der Waals surface area (Å²) in [5.74, 6) is 5.88. The van der Waals surface area contributed by atoms with Crippen molar-refractivity contribution < 1.29 is 13.9 Å². The Morgan fingerprint density at radius 3 is 2.58 bits per heavy atom. The number of para-hydroxylation sites is 1. The van der Waals surface area contributed by atoms with Gasteiger partial charge in [0.25, 0.3) is 0 Å². The largest absolute Gasteiger partial charge is 0.483 e. The lowest BCUT2D eigenvalue weighted by atomic mass is 10.3. The predicted octanol–water partition coefficient (Wildman–Crippen LogP) is 2.99. The molecule has 0 aliphatic carbocycles. The van der Waals surface area contributed by atoms with Crippen LogP contribution in [0.2, 0.25) is 0 Å². The second-order valence-electron chi connectivity index (χ2n) is 3.58. The van der Waals surface area contributed by atoms with Crippen molar-refractivity contribution in [1.29, 1.82) is 0 Å². The van der Waals surface area contributed by atoms with Crippen LogP contribution in [0.3, 0.4) is 0 Å². The summed E-state index contributed by atoms with van der Waals surface area (Å²) in [6.07, 6.45) is 0. The number of nitrogen functional groups attached to an aromatic ring is 1. The van der Waals surface area contributed by atoms with E-state index in [2.05, 4.69) is 31.9 Å². The molecule has 2 rings (SSSR count). The number of hydrogen-bond donors (Lipinski definition) is 2. The molecular weight excluding hydrogens is 380 g/mol. The fraction of sp³-hybridized carbons (Fsp3) is 0.0833. The van der Waals surface area contributed by atoms with Crippen LogP contribution >= 0.6 is 31.9 Å². The number of hydrogen-bond acceptors (Lipinski definition) is 4. The second kappa shape index (κ2) is 6.23. The van der Waals surface area contributed by atoms with Gasteiger partial charge in [-0.2, -0.15) is 0 Å². The fourth-order valence-electron chi connectivity index (χ4n) is 1.41. The molecule has 0 fully saturated rings. The Morgan fingerprint density at radius 2 is 1.95 bits per heavy atom. The molecule has 0 radical (unpaired) electrons. The van der Waals surface area contributed by atoms with E-state index < -0.39 is 5.91 Å². The normalized spacial score (nSPS) is 10.3. The van der Waals surface area contributed by atoms with Crippen LogP contribution in [0.5, 0.6) is 5.75 Å². The highest BCUT2D eigenvalue weighted by Gasteiger charge is 2.11. The number of nitrogens with two attached hydrogens (primary N) is 1. The highest BCUT2D eigenvalue weighted by atomic mass is 79.9. The van der Waals surface area contributed by atoms with Gasteiger partial charge in [-0.25, -0.2) is 5.84 Å². The number of halogens is 2. The van der Waals surface area contributed by atoms with Gasteiger partial charge in [0.2, 0.25) is 0 Å². The maximum Gasteiger partial charge on any atom is 0.300 e. The third-order valence-electron chi connectivity index (χ3n) is 2.29. The molecule has 19 heavy (non-hydrogen) atoms. The van der Waals surface area contributed by atoms with Gasteiger partial charge >= 0.3 is 5.91 Å². The Labute approximate surface area is 126 Å². The van der Waals surface area contributed by atoms with Crippen molar-refractivity contribution >= 4 is 37.8 Å². The molecule has 0 aliphatic rings. The first-order valence-corrected chi connectivity index (χ1v) is 6.87. The summed E-state index contributed by atoms with van der Waals surface area (Å²) >= 11 is 6.79. The molecule has 100 valence electrons. The molecular formula is C12H10Br2N2O3. The topological polar surface area (TPSA) is 77.5 Å². The third kappa shape index (κ3) is 3.37. The van der Waals surface area contributed by atoms with Gasteiger partial charge in [-0.1, -0.05) is 6.07 Å². The standard InChI is InChI=1S/C12H10Br2N2O3/c13-8-2-1-3-9(14)11(8)18-6-7-4-5-10(19-7)12(17)16-15/h1-5H,6,15H2,(H,16,17). The Bertz CT molecular complexity index is 578. The zero-order valence-corrected chi connectivity index (χ0v) is 12.8. The Kier molecular flexibility index (Phi) is 4.62. The summed E-state index contributed by atoms with van der Waals surface area (Å²) in [4.78, 5) is 11.2. The molecule has 0 aliphatic heterocycles. The second-order valence-corrected chi connectivity index (χ2v) is 5.29. The molecule has 0 bridgehead atoms. The molecule has 1 amide bonds. The van der Waals surface area contributed by atoms with E-state index in [1.165, 1.54) is 6.07 Å². The Hall–Kier alpha value is -1.31. The number of benzene rings is 1. The van der Waals surface area contributed by atoms with Crippen LogP contribution in [-0.4, -0.2) is 5.91 Å². The molecule has 1 aromatic heterocycles.